The van der Waals surface area contributed by atoms with Gasteiger partial charge in [0.05, 0.1) is 4.90 Å². The summed E-state index contributed by atoms with van der Waals surface area (Å²) in [6.07, 6.45) is 0.141. The van der Waals surface area contributed by atoms with Gasteiger partial charge in [0.2, 0.25) is 0 Å². The van der Waals surface area contributed by atoms with Crippen molar-refractivity contribution in [3.63, 3.8) is 0 Å². The van der Waals surface area contributed by atoms with Gasteiger partial charge >= 0.3 is 6.36 Å². The van der Waals surface area contributed by atoms with E-state index in [-0.39, 0.29) is 10.6 Å². The molecule has 0 aliphatic carbocycles. The summed E-state index contributed by atoms with van der Waals surface area (Å²) in [5.74, 6) is 1.19. The van der Waals surface area contributed by atoms with E-state index >= 15 is 0 Å². The highest BCUT2D eigenvalue weighted by atomic mass is 32.2. The molecule has 2 heterocycles. The average molecular weight is 490 g/mol. The highest BCUT2D eigenvalue weighted by Crippen LogP contribution is 2.25. The minimum Gasteiger partial charge on any atom is -0.406 e. The summed E-state index contributed by atoms with van der Waals surface area (Å²) in [6.45, 7) is 1.76. The standard InChI is InChI=1S/C21H17F3N6O3S/c1-14-26-19(12-20(27-14)30-11-10-25-13-30)28-15-2-4-16(5-3-15)29-34(31,32)18-8-6-17(7-9-18)33-21(22,23)24/h2-13,29H,1H3,(H,26,27,28). The van der Waals surface area contributed by atoms with Crippen LogP contribution < -0.4 is 14.8 Å². The number of aromatic nitrogens is 4. The predicted molar refractivity (Wildman–Crippen MR) is 118 cm³/mol. The lowest BCUT2D eigenvalue weighted by Gasteiger charge is -2.12. The summed E-state index contributed by atoms with van der Waals surface area (Å²) in [5, 5.41) is 3.13. The molecule has 34 heavy (non-hydrogen) atoms. The van der Waals surface area contributed by atoms with Crippen LogP contribution in [0.5, 0.6) is 5.75 Å². The number of alkyl halides is 3. The summed E-state index contributed by atoms with van der Waals surface area (Å²) < 4.78 is 69.8. The van der Waals surface area contributed by atoms with E-state index in [9.17, 15) is 21.6 Å². The fraction of sp³-hybridized carbons (Fsp3) is 0.0952. The zero-order chi connectivity index (χ0) is 24.3. The summed E-state index contributed by atoms with van der Waals surface area (Å²) in [6, 6.07) is 12.0. The minimum atomic E-state index is -4.86. The zero-order valence-corrected chi connectivity index (χ0v) is 18.3. The highest BCUT2D eigenvalue weighted by Gasteiger charge is 2.31. The van der Waals surface area contributed by atoms with Gasteiger partial charge in [-0.15, -0.1) is 13.2 Å². The van der Waals surface area contributed by atoms with Crippen LogP contribution in [0.15, 0.2) is 78.2 Å². The van der Waals surface area contributed by atoms with Gasteiger partial charge in [-0.2, -0.15) is 0 Å². The van der Waals surface area contributed by atoms with E-state index in [1.54, 1.807) is 48.4 Å². The van der Waals surface area contributed by atoms with Crippen molar-refractivity contribution in [2.45, 2.75) is 18.2 Å². The van der Waals surface area contributed by atoms with Crippen LogP contribution in [-0.4, -0.2) is 34.3 Å². The monoisotopic (exact) mass is 490 g/mol. The van der Waals surface area contributed by atoms with Gasteiger partial charge in [0, 0.05) is 29.8 Å². The second kappa shape index (κ2) is 9.02. The van der Waals surface area contributed by atoms with Crippen LogP contribution in [0.3, 0.4) is 0 Å². The normalized spacial score (nSPS) is 11.8. The van der Waals surface area contributed by atoms with Crippen LogP contribution >= 0.6 is 0 Å². The third-order valence-corrected chi connectivity index (χ3v) is 5.77. The molecule has 0 saturated heterocycles. The molecule has 4 rings (SSSR count). The molecule has 13 heteroatoms. The van der Waals surface area contributed by atoms with Gasteiger partial charge in [0.1, 0.15) is 29.5 Å². The topological polar surface area (TPSA) is 111 Å². The van der Waals surface area contributed by atoms with E-state index < -0.39 is 22.1 Å². The van der Waals surface area contributed by atoms with Crippen molar-refractivity contribution in [2.75, 3.05) is 10.0 Å². The van der Waals surface area contributed by atoms with Crippen LogP contribution in [0.25, 0.3) is 5.82 Å². The summed E-state index contributed by atoms with van der Waals surface area (Å²) in [7, 11) is -4.02. The molecule has 2 N–H and O–H groups in total. The molecule has 4 aromatic rings. The lowest BCUT2D eigenvalue weighted by atomic mass is 10.3. The largest absolute Gasteiger partial charge is 0.573 e. The number of anilines is 3. The van der Waals surface area contributed by atoms with Crippen molar-refractivity contribution in [1.82, 2.24) is 19.5 Å². The lowest BCUT2D eigenvalue weighted by Crippen LogP contribution is -2.17. The predicted octanol–water partition coefficient (Wildman–Crippen LogP) is 4.41. The van der Waals surface area contributed by atoms with E-state index in [0.29, 0.717) is 23.1 Å². The maximum absolute atomic E-state index is 12.5. The Morgan fingerprint density at radius 2 is 1.65 bits per heavy atom. The van der Waals surface area contributed by atoms with Gasteiger partial charge in [-0.3, -0.25) is 9.29 Å². The molecule has 0 saturated carbocycles. The third-order valence-electron chi connectivity index (χ3n) is 4.37. The average Bonchev–Trinajstić information content (AvgIpc) is 3.29. The zero-order valence-electron chi connectivity index (χ0n) is 17.5. The second-order valence-electron chi connectivity index (χ2n) is 6.96. The van der Waals surface area contributed by atoms with Crippen LogP contribution in [0.4, 0.5) is 30.4 Å². The Hall–Kier alpha value is -4.13. The van der Waals surface area contributed by atoms with Crippen molar-refractivity contribution >= 4 is 27.2 Å². The van der Waals surface area contributed by atoms with Crippen LogP contribution in [0.2, 0.25) is 0 Å². The summed E-state index contributed by atoms with van der Waals surface area (Å²) in [4.78, 5) is 12.5. The number of hydrogen-bond donors (Lipinski definition) is 2. The Morgan fingerprint density at radius 1 is 0.971 bits per heavy atom. The van der Waals surface area contributed by atoms with Gasteiger partial charge in [-0.05, 0) is 55.5 Å². The number of nitrogens with one attached hydrogen (secondary N) is 2. The van der Waals surface area contributed by atoms with Gasteiger partial charge in [-0.25, -0.2) is 23.4 Å². The van der Waals surface area contributed by atoms with Crippen molar-refractivity contribution in [3.05, 3.63) is 79.1 Å². The van der Waals surface area contributed by atoms with Crippen molar-refractivity contribution in [1.29, 1.82) is 0 Å². The summed E-state index contributed by atoms with van der Waals surface area (Å²) >= 11 is 0. The number of aryl methyl sites for hydroxylation is 1. The third kappa shape index (κ3) is 5.81. The molecule has 9 nitrogen and oxygen atoms in total. The molecule has 2 aromatic heterocycles. The number of nitrogens with zero attached hydrogens (tertiary/aromatic N) is 4. The maximum Gasteiger partial charge on any atom is 0.573 e. The van der Waals surface area contributed by atoms with Crippen LogP contribution in [-0.2, 0) is 10.0 Å². The Morgan fingerprint density at radius 3 is 2.26 bits per heavy atom. The minimum absolute atomic E-state index is 0.215. The van der Waals surface area contributed by atoms with Gasteiger partial charge < -0.3 is 10.1 Å². The Bertz CT molecular complexity index is 1380. The number of benzene rings is 2. The molecule has 2 aromatic carbocycles. The van der Waals surface area contributed by atoms with Gasteiger partial charge in [0.15, 0.2) is 0 Å². The fourth-order valence-corrected chi connectivity index (χ4v) is 4.01. The van der Waals surface area contributed by atoms with E-state index in [4.69, 9.17) is 0 Å². The van der Waals surface area contributed by atoms with Gasteiger partial charge in [-0.1, -0.05) is 0 Å². The number of hydrogen-bond acceptors (Lipinski definition) is 7. The molecule has 176 valence electrons. The summed E-state index contributed by atoms with van der Waals surface area (Å²) in [5.41, 5.74) is 0.908. The number of imidazole rings is 1. The molecule has 0 radical (unpaired) electrons. The SMILES string of the molecule is Cc1nc(Nc2ccc(NS(=O)(=O)c3ccc(OC(F)(F)F)cc3)cc2)cc(-n2ccnc2)n1. The first-order chi connectivity index (χ1) is 16.1. The highest BCUT2D eigenvalue weighted by molar-refractivity contribution is 7.92. The molecule has 0 fully saturated rings. The van der Waals surface area contributed by atoms with Crippen LogP contribution in [0.1, 0.15) is 5.82 Å². The first-order valence-electron chi connectivity index (χ1n) is 9.67. The van der Waals surface area contributed by atoms with E-state index in [2.05, 4.69) is 29.7 Å². The molecule has 0 unspecified atom stereocenters. The van der Waals surface area contributed by atoms with Gasteiger partial charge in [0.25, 0.3) is 10.0 Å². The maximum atomic E-state index is 12.5. The molecule has 0 aliphatic rings. The number of halogens is 3. The lowest BCUT2D eigenvalue weighted by molar-refractivity contribution is -0.274. The van der Waals surface area contributed by atoms with Crippen molar-refractivity contribution < 1.29 is 26.3 Å². The molecule has 0 spiro atoms. The number of sulfonamides is 1. The number of ether oxygens (including phenoxy) is 1. The molecule has 0 amide bonds. The van der Waals surface area contributed by atoms with Crippen LogP contribution in [0, 0.1) is 6.92 Å². The fourth-order valence-electron chi connectivity index (χ4n) is 2.95. The Balaban J connectivity index is 1.45. The smallest absolute Gasteiger partial charge is 0.406 e. The molecular formula is C21H17F3N6O3S. The second-order valence-corrected chi connectivity index (χ2v) is 8.64. The van der Waals surface area contributed by atoms with E-state index in [1.807, 2.05) is 0 Å². The molecule has 0 aliphatic heterocycles. The van der Waals surface area contributed by atoms with E-state index in [1.165, 1.54) is 12.1 Å². The molecule has 0 atom stereocenters. The van der Waals surface area contributed by atoms with Crippen molar-refractivity contribution in [2.24, 2.45) is 0 Å². The van der Waals surface area contributed by atoms with E-state index in [0.717, 1.165) is 24.3 Å². The van der Waals surface area contributed by atoms with Crippen molar-refractivity contribution in [3.8, 4) is 11.6 Å². The first-order valence-corrected chi connectivity index (χ1v) is 11.2. The quantitative estimate of drug-likeness (QED) is 0.395. The Labute approximate surface area is 192 Å². The molecule has 0 bridgehead atoms. The number of rotatable bonds is 7. The first kappa shape index (κ1) is 23.0. The molecular weight excluding hydrogens is 473 g/mol. The Kier molecular flexibility index (Phi) is 6.11.